The summed E-state index contributed by atoms with van der Waals surface area (Å²) in [6.07, 6.45) is 14.6. The van der Waals surface area contributed by atoms with Gasteiger partial charge in [-0.05, 0) is 17.7 Å². The van der Waals surface area contributed by atoms with Crippen LogP contribution in [0.25, 0.3) is 0 Å². The number of allylic oxidation sites excluding steroid dienone is 7. The van der Waals surface area contributed by atoms with Gasteiger partial charge in [-0.1, -0.05) is 30.4 Å². The summed E-state index contributed by atoms with van der Waals surface area (Å²) in [5.41, 5.74) is 4.43. The van der Waals surface area contributed by atoms with E-state index in [1.807, 2.05) is 6.08 Å². The SMILES string of the molecule is C1=CC=C2C=CC=CC2C=1. The number of fused-ring (bicyclic) bond motifs is 1. The van der Waals surface area contributed by atoms with Crippen LogP contribution in [0.3, 0.4) is 0 Å². The van der Waals surface area contributed by atoms with Crippen molar-refractivity contribution in [1.82, 2.24) is 0 Å². The molecule has 48 valence electrons. The normalized spacial score (nSPS) is 26.4. The average Bonchev–Trinajstić information content (AvgIpc) is 2.05. The van der Waals surface area contributed by atoms with Crippen LogP contribution < -0.4 is 0 Å². The average molecular weight is 128 g/mol. The van der Waals surface area contributed by atoms with E-state index in [1.54, 1.807) is 0 Å². The molecule has 0 spiro atoms. The Bertz CT molecular complexity index is 281. The van der Waals surface area contributed by atoms with Crippen molar-refractivity contribution in [2.24, 2.45) is 5.92 Å². The lowest BCUT2D eigenvalue weighted by Gasteiger charge is -2.12. The second-order valence-corrected chi connectivity index (χ2v) is 2.44. The molecule has 0 bridgehead atoms. The highest BCUT2D eigenvalue weighted by Gasteiger charge is 2.07. The lowest BCUT2D eigenvalue weighted by Crippen LogP contribution is -1.98. The summed E-state index contributed by atoms with van der Waals surface area (Å²) in [5.74, 6) is 0.481. The zero-order chi connectivity index (χ0) is 6.81. The van der Waals surface area contributed by atoms with Crippen molar-refractivity contribution in [2.75, 3.05) is 0 Å². The largest absolute Gasteiger partial charge is 0.124 e. The molecule has 10 heavy (non-hydrogen) atoms. The molecule has 0 aliphatic heterocycles. The highest BCUT2D eigenvalue weighted by Crippen LogP contribution is 2.21. The van der Waals surface area contributed by atoms with Crippen molar-refractivity contribution < 1.29 is 0 Å². The van der Waals surface area contributed by atoms with E-state index >= 15 is 0 Å². The van der Waals surface area contributed by atoms with Gasteiger partial charge < -0.3 is 0 Å². The molecule has 0 nitrogen and oxygen atoms in total. The van der Waals surface area contributed by atoms with Crippen molar-refractivity contribution in [3.63, 3.8) is 0 Å². The molecule has 2 aliphatic carbocycles. The first-order valence-corrected chi connectivity index (χ1v) is 3.44. The molecule has 0 saturated carbocycles. The van der Waals surface area contributed by atoms with Gasteiger partial charge in [0.1, 0.15) is 0 Å². The molecule has 0 amide bonds. The smallest absolute Gasteiger partial charge is 0.0277 e. The quantitative estimate of drug-likeness (QED) is 0.439. The zero-order valence-electron chi connectivity index (χ0n) is 5.62. The highest BCUT2D eigenvalue weighted by molar-refractivity contribution is 5.40. The van der Waals surface area contributed by atoms with Crippen LogP contribution in [0.2, 0.25) is 0 Å². The maximum atomic E-state index is 3.07. The monoisotopic (exact) mass is 128 g/mol. The van der Waals surface area contributed by atoms with E-state index in [0.29, 0.717) is 5.92 Å². The van der Waals surface area contributed by atoms with Crippen molar-refractivity contribution in [3.8, 4) is 0 Å². The van der Waals surface area contributed by atoms with E-state index in [1.165, 1.54) is 5.57 Å². The van der Waals surface area contributed by atoms with Gasteiger partial charge in [-0.25, -0.2) is 0 Å². The van der Waals surface area contributed by atoms with Crippen molar-refractivity contribution in [1.29, 1.82) is 0 Å². The van der Waals surface area contributed by atoms with Gasteiger partial charge in [0.25, 0.3) is 0 Å². The van der Waals surface area contributed by atoms with Crippen LogP contribution in [0.5, 0.6) is 0 Å². The summed E-state index contributed by atoms with van der Waals surface area (Å²) in [7, 11) is 0. The fraction of sp³-hybridized carbons (Fsp3) is 0.100. The summed E-state index contributed by atoms with van der Waals surface area (Å²) in [5, 5.41) is 0. The molecule has 0 N–H and O–H groups in total. The molecule has 0 heteroatoms. The second-order valence-electron chi connectivity index (χ2n) is 2.44. The first kappa shape index (κ1) is 5.52. The summed E-state index contributed by atoms with van der Waals surface area (Å²) in [6.45, 7) is 0. The van der Waals surface area contributed by atoms with Gasteiger partial charge in [0.05, 0.1) is 0 Å². The summed E-state index contributed by atoms with van der Waals surface area (Å²) in [4.78, 5) is 0. The molecular formula is C10H8. The molecule has 0 saturated heterocycles. The minimum atomic E-state index is 0.481. The van der Waals surface area contributed by atoms with E-state index in [0.717, 1.165) is 0 Å². The molecular weight excluding hydrogens is 120 g/mol. The Morgan fingerprint density at radius 1 is 1.30 bits per heavy atom. The predicted octanol–water partition coefficient (Wildman–Crippen LogP) is 2.38. The molecule has 0 heterocycles. The van der Waals surface area contributed by atoms with Crippen molar-refractivity contribution >= 4 is 0 Å². The lowest BCUT2D eigenvalue weighted by atomic mass is 9.92. The third-order valence-corrected chi connectivity index (χ3v) is 1.75. The highest BCUT2D eigenvalue weighted by atomic mass is 14.1. The molecule has 0 aromatic carbocycles. The Hall–Kier alpha value is -1.26. The summed E-state index contributed by atoms with van der Waals surface area (Å²) in [6, 6.07) is 0. The van der Waals surface area contributed by atoms with Crippen LogP contribution in [0.1, 0.15) is 0 Å². The third kappa shape index (κ3) is 0.792. The van der Waals surface area contributed by atoms with E-state index < -0.39 is 0 Å². The van der Waals surface area contributed by atoms with Crippen LogP contribution in [-0.2, 0) is 0 Å². The van der Waals surface area contributed by atoms with Gasteiger partial charge in [0, 0.05) is 5.92 Å². The maximum Gasteiger partial charge on any atom is 0.0277 e. The van der Waals surface area contributed by atoms with E-state index in [-0.39, 0.29) is 0 Å². The standard InChI is InChI=1S/C10H8/c1-2-6-10-8-4-3-7-9(10)5-1/h1-3,5-8,10H. The van der Waals surface area contributed by atoms with Gasteiger partial charge >= 0.3 is 0 Å². The minimum absolute atomic E-state index is 0.481. The first-order valence-electron chi connectivity index (χ1n) is 3.44. The lowest BCUT2D eigenvalue weighted by molar-refractivity contribution is 0.989. The van der Waals surface area contributed by atoms with Gasteiger partial charge in [0.2, 0.25) is 0 Å². The fourth-order valence-corrected chi connectivity index (χ4v) is 1.19. The Balaban J connectivity index is 2.45. The van der Waals surface area contributed by atoms with E-state index in [2.05, 4.69) is 42.2 Å². The van der Waals surface area contributed by atoms with Crippen LogP contribution >= 0.6 is 0 Å². The predicted molar refractivity (Wildman–Crippen MR) is 42.5 cm³/mol. The number of hydrogen-bond donors (Lipinski definition) is 0. The van der Waals surface area contributed by atoms with Crippen LogP contribution in [0.15, 0.2) is 53.8 Å². The Kier molecular flexibility index (Phi) is 1.20. The van der Waals surface area contributed by atoms with Crippen molar-refractivity contribution in [2.45, 2.75) is 0 Å². The Labute approximate surface area is 60.6 Å². The first-order chi connectivity index (χ1) is 4.97. The van der Waals surface area contributed by atoms with Gasteiger partial charge in [0.15, 0.2) is 0 Å². The molecule has 0 fully saturated rings. The van der Waals surface area contributed by atoms with Crippen LogP contribution in [0.4, 0.5) is 0 Å². The summed E-state index contributed by atoms with van der Waals surface area (Å²) >= 11 is 0. The summed E-state index contributed by atoms with van der Waals surface area (Å²) < 4.78 is 0. The molecule has 2 aliphatic rings. The second kappa shape index (κ2) is 2.17. The zero-order valence-corrected chi connectivity index (χ0v) is 5.62. The molecule has 2 rings (SSSR count). The Morgan fingerprint density at radius 3 is 3.20 bits per heavy atom. The van der Waals surface area contributed by atoms with E-state index in [4.69, 9.17) is 0 Å². The maximum absolute atomic E-state index is 3.07. The fourth-order valence-electron chi connectivity index (χ4n) is 1.19. The third-order valence-electron chi connectivity index (χ3n) is 1.75. The Morgan fingerprint density at radius 2 is 2.30 bits per heavy atom. The molecule has 0 aromatic heterocycles. The van der Waals surface area contributed by atoms with Gasteiger partial charge in [-0.3, -0.25) is 0 Å². The van der Waals surface area contributed by atoms with Crippen LogP contribution in [0, 0.1) is 5.92 Å². The molecule has 0 radical (unpaired) electrons. The minimum Gasteiger partial charge on any atom is -0.124 e. The topological polar surface area (TPSA) is 0 Å². The number of hydrogen-bond acceptors (Lipinski definition) is 0. The van der Waals surface area contributed by atoms with Crippen LogP contribution in [-0.4, -0.2) is 0 Å². The van der Waals surface area contributed by atoms with Gasteiger partial charge in [-0.15, -0.1) is 5.73 Å². The number of rotatable bonds is 0. The van der Waals surface area contributed by atoms with Crippen molar-refractivity contribution in [3.05, 3.63) is 53.8 Å². The molecule has 1 unspecified atom stereocenters. The molecule has 1 atom stereocenters. The van der Waals surface area contributed by atoms with Gasteiger partial charge in [-0.2, -0.15) is 0 Å². The molecule has 0 aromatic rings. The van der Waals surface area contributed by atoms with E-state index in [9.17, 15) is 0 Å².